The minimum Gasteiger partial charge on any atom is -0.496 e. The number of rotatable bonds is 6. The van der Waals surface area contributed by atoms with Crippen LogP contribution in [0.5, 0.6) is 11.5 Å². The van der Waals surface area contributed by atoms with E-state index < -0.39 is 36.6 Å². The van der Waals surface area contributed by atoms with Gasteiger partial charge in [-0.2, -0.15) is 19.1 Å². The lowest BCUT2D eigenvalue weighted by atomic mass is 9.77. The van der Waals surface area contributed by atoms with E-state index in [0.717, 1.165) is 0 Å². The van der Waals surface area contributed by atoms with Crippen LogP contribution in [0.15, 0.2) is 24.3 Å². The van der Waals surface area contributed by atoms with Crippen molar-refractivity contribution in [3.05, 3.63) is 35.4 Å². The molecule has 1 saturated heterocycles. The zero-order valence-corrected chi connectivity index (χ0v) is 20.7. The van der Waals surface area contributed by atoms with E-state index in [9.17, 15) is 18.8 Å². The molecule has 1 aliphatic rings. The number of fused-ring (bicyclic) bond motifs is 1. The molecule has 0 saturated carbocycles. The second kappa shape index (κ2) is 8.76. The number of ether oxygens (including phenoxy) is 2. The van der Waals surface area contributed by atoms with Crippen LogP contribution in [-0.2, 0) is 16.4 Å². The number of alkyl halides is 2. The Morgan fingerprint density at radius 1 is 1.17 bits per heavy atom. The van der Waals surface area contributed by atoms with Crippen LogP contribution in [0.1, 0.15) is 43.6 Å². The molecule has 0 spiro atoms. The van der Waals surface area contributed by atoms with Gasteiger partial charge < -0.3 is 24.5 Å². The van der Waals surface area contributed by atoms with Crippen molar-refractivity contribution in [2.45, 2.75) is 45.5 Å². The summed E-state index contributed by atoms with van der Waals surface area (Å²) in [4.78, 5) is 11.9. The van der Waals surface area contributed by atoms with Crippen LogP contribution in [0, 0.1) is 11.3 Å². The van der Waals surface area contributed by atoms with Gasteiger partial charge >= 0.3 is 13.7 Å². The summed E-state index contributed by atoms with van der Waals surface area (Å²) < 4.78 is 49.9. The molecule has 1 aromatic heterocycles. The Morgan fingerprint density at radius 3 is 2.31 bits per heavy atom. The number of nitriles is 1. The topological polar surface area (TPSA) is 122 Å². The fourth-order valence-electron chi connectivity index (χ4n) is 4.13. The molecular formula is C24H25BF2N4O5. The number of carbonyl (C=O) groups excluding carboxylic acids is 1. The molecule has 2 heterocycles. The summed E-state index contributed by atoms with van der Waals surface area (Å²) in [5.41, 5.74) is 5.99. The van der Waals surface area contributed by atoms with Crippen molar-refractivity contribution >= 4 is 29.4 Å². The maximum Gasteiger partial charge on any atom is 0.494 e. The number of nitrogens with two attached hydrogens (primary N) is 1. The molecule has 0 atom stereocenters. The van der Waals surface area contributed by atoms with Crippen LogP contribution in [0.3, 0.4) is 0 Å². The summed E-state index contributed by atoms with van der Waals surface area (Å²) in [6, 6.07) is 8.30. The summed E-state index contributed by atoms with van der Waals surface area (Å²) >= 11 is 0. The predicted molar refractivity (Wildman–Crippen MR) is 128 cm³/mol. The van der Waals surface area contributed by atoms with Crippen molar-refractivity contribution in [2.75, 3.05) is 7.11 Å². The predicted octanol–water partition coefficient (Wildman–Crippen LogP) is 3.12. The van der Waals surface area contributed by atoms with Crippen molar-refractivity contribution in [1.82, 2.24) is 9.78 Å². The van der Waals surface area contributed by atoms with Gasteiger partial charge in [0.05, 0.1) is 35.5 Å². The molecule has 0 aliphatic carbocycles. The van der Waals surface area contributed by atoms with Gasteiger partial charge in [0.25, 0.3) is 5.91 Å². The maximum atomic E-state index is 13.1. The Bertz CT molecular complexity index is 1400. The van der Waals surface area contributed by atoms with E-state index >= 15 is 0 Å². The number of primary amides is 1. The van der Waals surface area contributed by atoms with Gasteiger partial charge in [0.2, 0.25) is 0 Å². The maximum absolute atomic E-state index is 13.1. The minimum atomic E-state index is -3.21. The molecule has 1 aliphatic heterocycles. The number of methoxy groups -OCH3 is 1. The van der Waals surface area contributed by atoms with Crippen LogP contribution in [0.4, 0.5) is 8.78 Å². The summed E-state index contributed by atoms with van der Waals surface area (Å²) in [6.07, 6.45) is 0. The minimum absolute atomic E-state index is 0.0678. The largest absolute Gasteiger partial charge is 0.496 e. The van der Waals surface area contributed by atoms with Gasteiger partial charge in [-0.25, -0.2) is 0 Å². The Kier molecular flexibility index (Phi) is 6.18. The summed E-state index contributed by atoms with van der Waals surface area (Å²) in [5, 5.41) is 15.0. The number of halogens is 2. The molecule has 1 amide bonds. The van der Waals surface area contributed by atoms with Gasteiger partial charge in [-0.15, -0.1) is 0 Å². The molecule has 4 rings (SSSR count). The third-order valence-electron chi connectivity index (χ3n) is 6.64. The number of benzene rings is 2. The van der Waals surface area contributed by atoms with Crippen LogP contribution >= 0.6 is 0 Å². The number of aryl methyl sites for hydroxylation is 1. The number of hydrogen-bond acceptors (Lipinski definition) is 7. The van der Waals surface area contributed by atoms with Gasteiger partial charge in [0.15, 0.2) is 0 Å². The molecule has 3 aromatic rings. The molecule has 36 heavy (non-hydrogen) atoms. The van der Waals surface area contributed by atoms with Crippen molar-refractivity contribution in [2.24, 2.45) is 12.8 Å². The molecule has 0 bridgehead atoms. The Labute approximate surface area is 206 Å². The Morgan fingerprint density at radius 2 is 1.78 bits per heavy atom. The number of aromatic nitrogens is 2. The molecule has 2 aromatic carbocycles. The number of amides is 1. The molecular weight excluding hydrogens is 473 g/mol. The highest BCUT2D eigenvalue weighted by Gasteiger charge is 2.52. The zero-order chi connectivity index (χ0) is 26.6. The average Bonchev–Trinajstić information content (AvgIpc) is 3.23. The molecule has 188 valence electrons. The molecule has 9 nitrogen and oxygen atoms in total. The van der Waals surface area contributed by atoms with Crippen molar-refractivity contribution in [3.8, 4) is 28.8 Å². The lowest BCUT2D eigenvalue weighted by Gasteiger charge is -2.32. The molecule has 12 heteroatoms. The highest BCUT2D eigenvalue weighted by Crippen LogP contribution is 2.40. The standard InChI is InChI=1S/C24H25BF2N4O5/c1-23(2)24(3,4)36-25(35-23)14-7-13(11-28)18-15(10-14)31(5)30-20(18)12-8-16(33-6)19(21(29)32)17(9-12)34-22(26)27/h7-10,22H,1-6H3,(H2,29,32). The fraction of sp³-hybridized carbons (Fsp3) is 0.375. The smallest absolute Gasteiger partial charge is 0.494 e. The average molecular weight is 498 g/mol. The van der Waals surface area contributed by atoms with E-state index in [1.165, 1.54) is 19.2 Å². The second-order valence-electron chi connectivity index (χ2n) is 9.43. The van der Waals surface area contributed by atoms with Crippen LogP contribution in [0.25, 0.3) is 22.2 Å². The van der Waals surface area contributed by atoms with Crippen molar-refractivity contribution < 1.29 is 32.4 Å². The van der Waals surface area contributed by atoms with Crippen LogP contribution in [-0.4, -0.2) is 47.7 Å². The quantitative estimate of drug-likeness (QED) is 0.519. The lowest BCUT2D eigenvalue weighted by Crippen LogP contribution is -2.41. The van der Waals surface area contributed by atoms with Gasteiger partial charge in [0.1, 0.15) is 22.8 Å². The zero-order valence-electron chi connectivity index (χ0n) is 20.7. The first-order chi connectivity index (χ1) is 16.8. The van der Waals surface area contributed by atoms with E-state index in [1.54, 1.807) is 23.9 Å². The molecule has 2 N–H and O–H groups in total. The first-order valence-electron chi connectivity index (χ1n) is 11.0. The fourth-order valence-corrected chi connectivity index (χ4v) is 4.13. The number of carbonyl (C=O) groups is 1. The first-order valence-corrected chi connectivity index (χ1v) is 11.0. The van der Waals surface area contributed by atoms with Gasteiger partial charge in [-0.1, -0.05) is 0 Å². The van der Waals surface area contributed by atoms with Gasteiger partial charge in [-0.3, -0.25) is 9.48 Å². The SMILES string of the molecule is COc1cc(-c2nn(C)c3cc(B4OC(C)(C)C(C)(C)O4)cc(C#N)c23)cc(OC(F)F)c1C(N)=O. The highest BCUT2D eigenvalue weighted by molar-refractivity contribution is 6.62. The normalized spacial score (nSPS) is 16.4. The first kappa shape index (κ1) is 25.4. The molecule has 1 fully saturated rings. The third kappa shape index (κ3) is 4.14. The molecule has 0 radical (unpaired) electrons. The van der Waals surface area contributed by atoms with Crippen LogP contribution < -0.4 is 20.7 Å². The summed E-state index contributed by atoms with van der Waals surface area (Å²) in [5.74, 6) is -1.52. The molecule has 0 unspecified atom stereocenters. The van der Waals surface area contributed by atoms with E-state index in [1.807, 2.05) is 27.7 Å². The van der Waals surface area contributed by atoms with E-state index in [2.05, 4.69) is 15.9 Å². The number of nitrogens with zero attached hydrogens (tertiary/aromatic N) is 3. The summed E-state index contributed by atoms with van der Waals surface area (Å²) in [7, 11) is 2.25. The van der Waals surface area contributed by atoms with Gasteiger partial charge in [-0.05, 0) is 57.4 Å². The Balaban J connectivity index is 1.92. The second-order valence-corrected chi connectivity index (χ2v) is 9.43. The van der Waals surface area contributed by atoms with Crippen LogP contribution in [0.2, 0.25) is 0 Å². The monoisotopic (exact) mass is 498 g/mol. The highest BCUT2D eigenvalue weighted by atomic mass is 19.3. The summed E-state index contributed by atoms with van der Waals surface area (Å²) in [6.45, 7) is 4.52. The van der Waals surface area contributed by atoms with Crippen molar-refractivity contribution in [3.63, 3.8) is 0 Å². The van der Waals surface area contributed by atoms with E-state index in [-0.39, 0.29) is 22.4 Å². The van der Waals surface area contributed by atoms with E-state index in [0.29, 0.717) is 22.1 Å². The van der Waals surface area contributed by atoms with Gasteiger partial charge in [0, 0.05) is 18.0 Å². The Hall–Kier alpha value is -3.69. The number of hydrogen-bond donors (Lipinski definition) is 1. The van der Waals surface area contributed by atoms with E-state index in [4.69, 9.17) is 19.8 Å². The van der Waals surface area contributed by atoms with Crippen molar-refractivity contribution in [1.29, 1.82) is 5.26 Å². The lowest BCUT2D eigenvalue weighted by molar-refractivity contribution is -0.0502. The third-order valence-corrected chi connectivity index (χ3v) is 6.64.